The van der Waals surface area contributed by atoms with Crippen molar-refractivity contribution in [1.82, 2.24) is 0 Å². The molecule has 0 amide bonds. The van der Waals surface area contributed by atoms with E-state index >= 15 is 0 Å². The Hall–Kier alpha value is -2.45. The Morgan fingerprint density at radius 1 is 1.14 bits per heavy atom. The summed E-state index contributed by atoms with van der Waals surface area (Å²) < 4.78 is 29.7. The van der Waals surface area contributed by atoms with E-state index in [1.807, 2.05) is 6.07 Å². The van der Waals surface area contributed by atoms with E-state index in [4.69, 9.17) is 15.4 Å². The molecule has 0 aliphatic rings. The van der Waals surface area contributed by atoms with Crippen LogP contribution in [0.3, 0.4) is 0 Å². The third kappa shape index (κ3) is 6.82. The second kappa shape index (κ2) is 10.3. The van der Waals surface area contributed by atoms with Crippen LogP contribution < -0.4 is 0 Å². The maximum absolute atomic E-state index is 12.6. The Labute approximate surface area is 134 Å². The summed E-state index contributed by atoms with van der Waals surface area (Å²) in [5.41, 5.74) is 0.826. The van der Waals surface area contributed by atoms with Gasteiger partial charge < -0.3 is 4.74 Å². The topological polar surface area (TPSA) is 56.9 Å². The summed E-state index contributed by atoms with van der Waals surface area (Å²) in [5, 5.41) is 15.6. The first-order valence-corrected chi connectivity index (χ1v) is 6.19. The first-order chi connectivity index (χ1) is 10.1. The summed E-state index contributed by atoms with van der Waals surface area (Å²) in [5.74, 6) is -0.706. The van der Waals surface area contributed by atoms with Gasteiger partial charge in [0.1, 0.15) is 11.6 Å². The summed E-state index contributed by atoms with van der Waals surface area (Å²) in [6.45, 7) is 2.21. The first kappa shape index (κ1) is 19.6. The number of nitrogens with zero attached hydrogens (tertiary/aromatic N) is 1. The minimum absolute atomic E-state index is 0. The molecular formula is C16H15ClF2N2O. The number of hydrogen-bond donors (Lipinski definition) is 1. The Bertz CT molecular complexity index is 657. The van der Waals surface area contributed by atoms with E-state index in [0.717, 1.165) is 0 Å². The van der Waals surface area contributed by atoms with Crippen molar-refractivity contribution in [2.24, 2.45) is 0 Å². The van der Waals surface area contributed by atoms with Gasteiger partial charge in [-0.2, -0.15) is 5.26 Å². The Morgan fingerprint density at radius 3 is 2.18 bits per heavy atom. The molecule has 1 N–H and O–H groups in total. The molecule has 2 aromatic carbocycles. The minimum Gasteiger partial charge on any atom is -0.478 e. The average molecular weight is 325 g/mol. The van der Waals surface area contributed by atoms with Gasteiger partial charge in [-0.25, -0.2) is 8.78 Å². The molecule has 0 saturated heterocycles. The van der Waals surface area contributed by atoms with E-state index < -0.39 is 0 Å². The largest absolute Gasteiger partial charge is 0.478 e. The van der Waals surface area contributed by atoms with E-state index in [-0.39, 0.29) is 29.9 Å². The number of nitriles is 1. The van der Waals surface area contributed by atoms with Crippen LogP contribution in [0, 0.1) is 28.4 Å². The molecule has 2 rings (SSSR count). The lowest BCUT2D eigenvalue weighted by Crippen LogP contribution is -2.04. The van der Waals surface area contributed by atoms with E-state index in [2.05, 4.69) is 0 Å². The fourth-order valence-electron chi connectivity index (χ4n) is 1.42. The molecule has 116 valence electrons. The van der Waals surface area contributed by atoms with E-state index in [9.17, 15) is 8.78 Å². The molecule has 0 saturated carbocycles. The number of halogens is 3. The van der Waals surface area contributed by atoms with Gasteiger partial charge in [0.25, 0.3) is 0 Å². The van der Waals surface area contributed by atoms with E-state index in [1.54, 1.807) is 25.1 Å². The summed E-state index contributed by atoms with van der Waals surface area (Å²) in [6.07, 6.45) is 0. The summed E-state index contributed by atoms with van der Waals surface area (Å²) in [4.78, 5) is 0. The molecule has 0 aromatic heterocycles. The van der Waals surface area contributed by atoms with Crippen LogP contribution >= 0.6 is 12.4 Å². The molecule has 0 unspecified atom stereocenters. The number of hydrogen-bond acceptors (Lipinski definition) is 3. The maximum atomic E-state index is 12.6. The summed E-state index contributed by atoms with van der Waals surface area (Å²) in [6, 6.07) is 13.2. The molecule has 0 aliphatic carbocycles. The Morgan fingerprint density at radius 2 is 1.73 bits per heavy atom. The molecule has 0 aliphatic heterocycles. The monoisotopic (exact) mass is 324 g/mol. The van der Waals surface area contributed by atoms with Crippen LogP contribution in [0.25, 0.3) is 0 Å². The predicted octanol–water partition coefficient (Wildman–Crippen LogP) is 4.31. The van der Waals surface area contributed by atoms with Crippen molar-refractivity contribution in [3.8, 4) is 6.07 Å². The van der Waals surface area contributed by atoms with E-state index in [1.165, 1.54) is 30.3 Å². The fraction of sp³-hybridized carbons (Fsp3) is 0.125. The van der Waals surface area contributed by atoms with Crippen molar-refractivity contribution in [2.45, 2.75) is 6.92 Å². The molecule has 22 heavy (non-hydrogen) atoms. The van der Waals surface area contributed by atoms with Crippen LogP contribution in [0.5, 0.6) is 0 Å². The second-order valence-corrected chi connectivity index (χ2v) is 3.89. The van der Waals surface area contributed by atoms with Crippen LogP contribution in [-0.2, 0) is 4.74 Å². The van der Waals surface area contributed by atoms with Gasteiger partial charge >= 0.3 is 0 Å². The predicted molar refractivity (Wildman–Crippen MR) is 83.2 cm³/mol. The highest BCUT2D eigenvalue weighted by molar-refractivity contribution is 5.91. The fourth-order valence-corrected chi connectivity index (χ4v) is 1.42. The van der Waals surface area contributed by atoms with Crippen LogP contribution in [0.4, 0.5) is 8.78 Å². The second-order valence-electron chi connectivity index (χ2n) is 3.89. The zero-order valence-corrected chi connectivity index (χ0v) is 12.7. The molecular weight excluding hydrogens is 310 g/mol. The van der Waals surface area contributed by atoms with Crippen molar-refractivity contribution in [3.05, 3.63) is 71.3 Å². The Balaban J connectivity index is 0.000000397. The zero-order chi connectivity index (χ0) is 15.7. The molecule has 6 heteroatoms. The highest BCUT2D eigenvalue weighted by Crippen LogP contribution is 2.04. The van der Waals surface area contributed by atoms with Gasteiger partial charge in [-0.1, -0.05) is 12.1 Å². The standard InChI is InChI=1S/C9H10FNO.C7H4FN.ClH/c1-2-12-9(11)7-4-3-5-8(10)6-7;8-7-3-1-2-6(4-7)5-9;/h3-6,11H,2H2,1H3;1-4H;1H. The zero-order valence-electron chi connectivity index (χ0n) is 11.8. The normalized spacial score (nSPS) is 8.64. The van der Waals surface area contributed by atoms with Crippen molar-refractivity contribution < 1.29 is 13.5 Å². The lowest BCUT2D eigenvalue weighted by Gasteiger charge is -2.03. The van der Waals surface area contributed by atoms with Gasteiger partial charge in [-0.15, -0.1) is 12.4 Å². The van der Waals surface area contributed by atoms with Gasteiger partial charge in [0, 0.05) is 5.56 Å². The third-order valence-corrected chi connectivity index (χ3v) is 2.33. The van der Waals surface area contributed by atoms with Crippen LogP contribution in [-0.4, -0.2) is 12.5 Å². The molecule has 0 fully saturated rings. The lowest BCUT2D eigenvalue weighted by molar-refractivity contribution is 0.325. The third-order valence-electron chi connectivity index (χ3n) is 2.33. The van der Waals surface area contributed by atoms with Crippen LogP contribution in [0.15, 0.2) is 48.5 Å². The molecule has 0 heterocycles. The number of nitrogens with one attached hydrogen (secondary N) is 1. The molecule has 2 aromatic rings. The van der Waals surface area contributed by atoms with Gasteiger partial charge in [-0.05, 0) is 43.3 Å². The Kier molecular flexibility index (Phi) is 9.15. The van der Waals surface area contributed by atoms with E-state index in [0.29, 0.717) is 17.7 Å². The highest BCUT2D eigenvalue weighted by atomic mass is 35.5. The minimum atomic E-state index is -0.367. The van der Waals surface area contributed by atoms with Crippen molar-refractivity contribution in [2.75, 3.05) is 6.61 Å². The van der Waals surface area contributed by atoms with Gasteiger partial charge in [0.2, 0.25) is 5.90 Å². The lowest BCUT2D eigenvalue weighted by atomic mass is 10.2. The number of benzene rings is 2. The molecule has 3 nitrogen and oxygen atoms in total. The van der Waals surface area contributed by atoms with Crippen molar-refractivity contribution >= 4 is 18.3 Å². The number of ether oxygens (including phenoxy) is 1. The molecule has 0 bridgehead atoms. The van der Waals surface area contributed by atoms with Crippen molar-refractivity contribution in [1.29, 1.82) is 10.7 Å². The average Bonchev–Trinajstić information content (AvgIpc) is 2.48. The maximum Gasteiger partial charge on any atom is 0.213 e. The quantitative estimate of drug-likeness (QED) is 0.661. The van der Waals surface area contributed by atoms with Gasteiger partial charge in [0.05, 0.1) is 18.2 Å². The first-order valence-electron chi connectivity index (χ1n) is 6.19. The van der Waals surface area contributed by atoms with Crippen molar-refractivity contribution in [3.63, 3.8) is 0 Å². The number of rotatable bonds is 2. The molecule has 0 spiro atoms. The summed E-state index contributed by atoms with van der Waals surface area (Å²) in [7, 11) is 0. The smallest absolute Gasteiger partial charge is 0.213 e. The SMILES string of the molecule is CCOC(=N)c1cccc(F)c1.Cl.N#Cc1cccc(F)c1. The van der Waals surface area contributed by atoms with Gasteiger partial charge in [-0.3, -0.25) is 5.41 Å². The molecule has 0 radical (unpaired) electrons. The summed E-state index contributed by atoms with van der Waals surface area (Å²) >= 11 is 0. The highest BCUT2D eigenvalue weighted by Gasteiger charge is 2.01. The van der Waals surface area contributed by atoms with Gasteiger partial charge in [0.15, 0.2) is 0 Å². The van der Waals surface area contributed by atoms with Crippen LogP contribution in [0.2, 0.25) is 0 Å². The molecule has 0 atom stereocenters. The van der Waals surface area contributed by atoms with Crippen LogP contribution in [0.1, 0.15) is 18.1 Å².